The number of fused-ring (bicyclic) bond motifs is 1. The highest BCUT2D eigenvalue weighted by Gasteiger charge is 2.43. The van der Waals surface area contributed by atoms with E-state index in [9.17, 15) is 24.8 Å². The fraction of sp³-hybridized carbons (Fsp3) is 0.154. The minimum atomic E-state index is -0.882. The Balaban J connectivity index is 1.51. The normalized spacial score (nSPS) is 15.6. The standard InChI is InChI=1S/C26H21N3O6S/c1-35-18-8-9-20-19(13-18)16(14-27-20)10-11-28-23(15-4-6-17(7-5-15)29(33)34)22(25(31)26(28)32)24(30)21-3-2-12-36-21/h2-9,12-14,23,27,31H,10-11H2,1H3. The molecule has 0 fully saturated rings. The Hall–Kier alpha value is -4.44. The predicted octanol–water partition coefficient (Wildman–Crippen LogP) is 4.97. The summed E-state index contributed by atoms with van der Waals surface area (Å²) in [5, 5.41) is 24.6. The molecule has 1 aliphatic rings. The molecule has 2 aromatic heterocycles. The van der Waals surface area contributed by atoms with E-state index >= 15 is 0 Å². The largest absolute Gasteiger partial charge is 0.503 e. The Labute approximate surface area is 209 Å². The number of benzene rings is 2. The number of carbonyl (C=O) groups is 2. The van der Waals surface area contributed by atoms with E-state index in [2.05, 4.69) is 4.98 Å². The summed E-state index contributed by atoms with van der Waals surface area (Å²) >= 11 is 1.21. The Bertz CT molecular complexity index is 1500. The average molecular weight is 504 g/mol. The first-order chi connectivity index (χ1) is 17.4. The van der Waals surface area contributed by atoms with Crippen molar-refractivity contribution >= 4 is 39.6 Å². The third-order valence-corrected chi connectivity index (χ3v) is 7.18. The van der Waals surface area contributed by atoms with Crippen LogP contribution in [0.4, 0.5) is 5.69 Å². The number of hydrogen-bond donors (Lipinski definition) is 2. The Morgan fingerprint density at radius 1 is 1.22 bits per heavy atom. The molecule has 5 rings (SSSR count). The zero-order chi connectivity index (χ0) is 25.4. The third-order valence-electron chi connectivity index (χ3n) is 6.31. The van der Waals surface area contributed by atoms with Crippen LogP contribution in [0.2, 0.25) is 0 Å². The molecule has 182 valence electrons. The zero-order valence-electron chi connectivity index (χ0n) is 19.1. The quantitative estimate of drug-likeness (QED) is 0.199. The second-order valence-electron chi connectivity index (χ2n) is 8.29. The van der Waals surface area contributed by atoms with Gasteiger partial charge in [-0.1, -0.05) is 6.07 Å². The fourth-order valence-electron chi connectivity index (χ4n) is 4.51. The van der Waals surface area contributed by atoms with Gasteiger partial charge in [0.1, 0.15) is 5.75 Å². The van der Waals surface area contributed by atoms with Gasteiger partial charge in [-0.2, -0.15) is 0 Å². The molecule has 9 nitrogen and oxygen atoms in total. The number of nitrogens with one attached hydrogen (secondary N) is 1. The fourth-order valence-corrected chi connectivity index (χ4v) is 5.19. The number of amides is 1. The van der Waals surface area contributed by atoms with Crippen LogP contribution in [-0.4, -0.2) is 45.3 Å². The molecule has 0 saturated heterocycles. The van der Waals surface area contributed by atoms with Gasteiger partial charge in [0.25, 0.3) is 11.6 Å². The van der Waals surface area contributed by atoms with Crippen molar-refractivity contribution in [2.24, 2.45) is 0 Å². The highest BCUT2D eigenvalue weighted by molar-refractivity contribution is 7.12. The van der Waals surface area contributed by atoms with Gasteiger partial charge < -0.3 is 19.7 Å². The predicted molar refractivity (Wildman–Crippen MR) is 134 cm³/mol. The van der Waals surface area contributed by atoms with Gasteiger partial charge in [0.15, 0.2) is 5.76 Å². The number of aromatic amines is 1. The number of non-ortho nitro benzene ring substituents is 1. The average Bonchev–Trinajstić information content (AvgIpc) is 3.62. The Morgan fingerprint density at radius 2 is 2.00 bits per heavy atom. The summed E-state index contributed by atoms with van der Waals surface area (Å²) in [6.07, 6.45) is 2.30. The maximum absolute atomic E-state index is 13.3. The van der Waals surface area contributed by atoms with Gasteiger partial charge in [-0.05, 0) is 59.3 Å². The molecule has 1 amide bonds. The highest BCUT2D eigenvalue weighted by atomic mass is 32.1. The second kappa shape index (κ2) is 9.31. The number of methoxy groups -OCH3 is 1. The van der Waals surface area contributed by atoms with Crippen molar-refractivity contribution in [3.05, 3.63) is 104 Å². The van der Waals surface area contributed by atoms with E-state index in [0.717, 1.165) is 16.5 Å². The molecule has 4 aromatic rings. The van der Waals surface area contributed by atoms with Gasteiger partial charge in [-0.15, -0.1) is 11.3 Å². The van der Waals surface area contributed by atoms with E-state index in [1.165, 1.54) is 40.5 Å². The second-order valence-corrected chi connectivity index (χ2v) is 9.24. The smallest absolute Gasteiger partial charge is 0.290 e. The molecule has 1 aliphatic heterocycles. The van der Waals surface area contributed by atoms with Crippen LogP contribution in [0.25, 0.3) is 10.9 Å². The third kappa shape index (κ3) is 4.01. The summed E-state index contributed by atoms with van der Waals surface area (Å²) in [5.41, 5.74) is 2.22. The topological polar surface area (TPSA) is 126 Å². The van der Waals surface area contributed by atoms with Crippen LogP contribution in [0.3, 0.4) is 0 Å². The number of aromatic nitrogens is 1. The Morgan fingerprint density at radius 3 is 2.67 bits per heavy atom. The first-order valence-electron chi connectivity index (χ1n) is 11.1. The monoisotopic (exact) mass is 503 g/mol. The summed E-state index contributed by atoms with van der Waals surface area (Å²) in [6, 6.07) is 13.8. The van der Waals surface area contributed by atoms with Gasteiger partial charge >= 0.3 is 0 Å². The summed E-state index contributed by atoms with van der Waals surface area (Å²) < 4.78 is 5.33. The van der Waals surface area contributed by atoms with Crippen LogP contribution < -0.4 is 4.74 Å². The molecule has 1 unspecified atom stereocenters. The number of carbonyl (C=O) groups excluding carboxylic acids is 2. The summed E-state index contributed by atoms with van der Waals surface area (Å²) in [6.45, 7) is 0.204. The van der Waals surface area contributed by atoms with E-state index in [4.69, 9.17) is 4.74 Å². The van der Waals surface area contributed by atoms with Crippen LogP contribution >= 0.6 is 11.3 Å². The summed E-state index contributed by atoms with van der Waals surface area (Å²) in [7, 11) is 1.59. The van der Waals surface area contributed by atoms with Crippen molar-refractivity contribution in [1.82, 2.24) is 9.88 Å². The number of nitro groups is 1. The van der Waals surface area contributed by atoms with E-state index in [1.54, 1.807) is 24.6 Å². The number of rotatable bonds is 8. The minimum Gasteiger partial charge on any atom is -0.503 e. The molecule has 0 spiro atoms. The van der Waals surface area contributed by atoms with Gasteiger partial charge in [-0.3, -0.25) is 19.7 Å². The van der Waals surface area contributed by atoms with Crippen LogP contribution in [0, 0.1) is 10.1 Å². The molecule has 0 saturated carbocycles. The maximum atomic E-state index is 13.3. The number of ether oxygens (including phenoxy) is 1. The van der Waals surface area contributed by atoms with Crippen molar-refractivity contribution in [2.45, 2.75) is 12.5 Å². The number of nitro benzene ring substituents is 1. The van der Waals surface area contributed by atoms with Crippen LogP contribution in [0.15, 0.2) is 77.5 Å². The lowest BCUT2D eigenvalue weighted by molar-refractivity contribution is -0.384. The highest BCUT2D eigenvalue weighted by Crippen LogP contribution is 2.40. The van der Waals surface area contributed by atoms with Crippen molar-refractivity contribution in [1.29, 1.82) is 0 Å². The first kappa shape index (κ1) is 23.3. The lowest BCUT2D eigenvalue weighted by Gasteiger charge is -2.26. The molecule has 3 heterocycles. The number of thiophene rings is 1. The maximum Gasteiger partial charge on any atom is 0.290 e. The van der Waals surface area contributed by atoms with Crippen LogP contribution in [0.1, 0.15) is 26.8 Å². The molecular formula is C26H21N3O6S. The minimum absolute atomic E-state index is 0.0306. The van der Waals surface area contributed by atoms with E-state index < -0.39 is 28.4 Å². The van der Waals surface area contributed by atoms with Crippen molar-refractivity contribution in [3.8, 4) is 5.75 Å². The number of aliphatic hydroxyl groups excluding tert-OH is 1. The molecule has 0 aliphatic carbocycles. The molecule has 36 heavy (non-hydrogen) atoms. The van der Waals surface area contributed by atoms with Crippen LogP contribution in [-0.2, 0) is 11.2 Å². The molecule has 2 aromatic carbocycles. The number of H-pyrrole nitrogens is 1. The number of aliphatic hydroxyl groups is 1. The molecule has 10 heteroatoms. The Kier molecular flexibility index (Phi) is 6.03. The van der Waals surface area contributed by atoms with Gasteiger partial charge in [0.2, 0.25) is 5.78 Å². The van der Waals surface area contributed by atoms with E-state index in [0.29, 0.717) is 22.6 Å². The number of ketones is 1. The van der Waals surface area contributed by atoms with Crippen molar-refractivity contribution in [2.75, 3.05) is 13.7 Å². The van der Waals surface area contributed by atoms with Crippen LogP contribution in [0.5, 0.6) is 5.75 Å². The van der Waals surface area contributed by atoms with Gasteiger partial charge in [-0.25, -0.2) is 0 Å². The number of hydrogen-bond acceptors (Lipinski definition) is 7. The van der Waals surface area contributed by atoms with Gasteiger partial charge in [0, 0.05) is 35.8 Å². The van der Waals surface area contributed by atoms with E-state index in [1.807, 2.05) is 24.4 Å². The number of nitrogens with zero attached hydrogens (tertiary/aromatic N) is 2. The van der Waals surface area contributed by atoms with E-state index in [-0.39, 0.29) is 17.8 Å². The number of Topliss-reactive ketones (excluding diaryl/α,β-unsaturated/α-hetero) is 1. The SMILES string of the molecule is COc1ccc2[nH]cc(CCN3C(=O)C(O)=C(C(=O)c4cccs4)C3c3ccc([N+](=O)[O-])cc3)c2c1. The van der Waals surface area contributed by atoms with Gasteiger partial charge in [0.05, 0.1) is 28.5 Å². The molecular weight excluding hydrogens is 482 g/mol. The zero-order valence-corrected chi connectivity index (χ0v) is 20.0. The summed E-state index contributed by atoms with van der Waals surface area (Å²) in [4.78, 5) is 42.2. The molecule has 1 atom stereocenters. The van der Waals surface area contributed by atoms with Crippen molar-refractivity contribution in [3.63, 3.8) is 0 Å². The lowest BCUT2D eigenvalue weighted by atomic mass is 9.95. The van der Waals surface area contributed by atoms with Crippen molar-refractivity contribution < 1.29 is 24.4 Å². The molecule has 0 bridgehead atoms. The molecule has 2 N–H and O–H groups in total. The first-order valence-corrected chi connectivity index (χ1v) is 12.0. The molecule has 0 radical (unpaired) electrons. The summed E-state index contributed by atoms with van der Waals surface area (Å²) in [5.74, 6) is -1.00. The lowest BCUT2D eigenvalue weighted by Crippen LogP contribution is -2.33.